The molecule has 43 heavy (non-hydrogen) atoms. The number of amides is 3. The first-order chi connectivity index (χ1) is 20.5. The number of ether oxygens (including phenoxy) is 2. The minimum Gasteiger partial charge on any atom is -0.460 e. The summed E-state index contributed by atoms with van der Waals surface area (Å²) in [6.45, 7) is 7.37. The van der Waals surface area contributed by atoms with Crippen molar-refractivity contribution in [1.82, 2.24) is 10.2 Å². The highest BCUT2D eigenvalue weighted by atomic mass is 35.5. The Morgan fingerprint density at radius 3 is 2.65 bits per heavy atom. The Morgan fingerprint density at radius 1 is 1.19 bits per heavy atom. The number of hydrogen-bond donors (Lipinski definition) is 2. The van der Waals surface area contributed by atoms with Gasteiger partial charge in [-0.1, -0.05) is 68.3 Å². The number of aliphatic hydroxyl groups is 1. The summed E-state index contributed by atoms with van der Waals surface area (Å²) in [5.41, 5.74) is -0.184. The number of allylic oxidation sites excluding steroid dienone is 1. The number of esters is 1. The van der Waals surface area contributed by atoms with Gasteiger partial charge in [-0.3, -0.25) is 19.2 Å². The molecule has 10 nitrogen and oxygen atoms in total. The highest BCUT2D eigenvalue weighted by Gasteiger charge is 2.72. The van der Waals surface area contributed by atoms with E-state index in [0.29, 0.717) is 23.6 Å². The fourth-order valence-electron chi connectivity index (χ4n) is 6.94. The maximum absolute atomic E-state index is 14.8. The largest absolute Gasteiger partial charge is 0.460 e. The summed E-state index contributed by atoms with van der Waals surface area (Å²) in [6.07, 6.45) is 6.79. The molecule has 2 saturated heterocycles. The summed E-state index contributed by atoms with van der Waals surface area (Å²) in [5, 5.41) is 13.8. The molecule has 0 aliphatic carbocycles. The summed E-state index contributed by atoms with van der Waals surface area (Å²) in [5.74, 6) is -3.91. The van der Waals surface area contributed by atoms with Crippen LogP contribution in [0.15, 0.2) is 42.5 Å². The minimum absolute atomic E-state index is 0.135. The van der Waals surface area contributed by atoms with Crippen LogP contribution in [-0.4, -0.2) is 83.3 Å². The first-order valence-electron chi connectivity index (χ1n) is 15.0. The molecular weight excluding hydrogens is 574 g/mol. The average Bonchev–Trinajstić information content (AvgIpc) is 3.36. The van der Waals surface area contributed by atoms with Crippen molar-refractivity contribution in [2.24, 2.45) is 17.8 Å². The molecule has 11 heteroatoms. The van der Waals surface area contributed by atoms with Gasteiger partial charge in [-0.05, 0) is 37.8 Å². The molecule has 4 aliphatic heterocycles. The van der Waals surface area contributed by atoms with Gasteiger partial charge in [0.2, 0.25) is 11.8 Å². The van der Waals surface area contributed by atoms with Gasteiger partial charge in [-0.25, -0.2) is 0 Å². The van der Waals surface area contributed by atoms with Crippen molar-refractivity contribution in [2.75, 3.05) is 24.6 Å². The molecule has 1 aromatic rings. The number of para-hydroxylation sites is 1. The number of nitrogens with one attached hydrogen (secondary N) is 1. The van der Waals surface area contributed by atoms with Crippen LogP contribution < -0.4 is 10.2 Å². The van der Waals surface area contributed by atoms with Gasteiger partial charge in [-0.2, -0.15) is 0 Å². The molecule has 8 atom stereocenters. The standard InChI is InChI=1S/C32H40ClN3O7/c1-5-18(2)22(17-37)36-28-30(40)35(27-19(3)10-8-11-21(27)33)15-9-14-32(28)26(29(36)39)25-23(43-32)12-6-7-13-24(38)34-16-20(4)42-31(25)41/h6,8-12,14,18,20,22-23,25-26,28,37H,5,7,13,15-17H2,1-4H3,(H,34,38)/b12-6-/t18-,20-,22-,23-,25+,26+,28-,32+/m0/s1. The van der Waals surface area contributed by atoms with E-state index in [0.717, 1.165) is 5.56 Å². The van der Waals surface area contributed by atoms with Gasteiger partial charge in [0.05, 0.1) is 41.9 Å². The molecule has 0 aromatic heterocycles. The fourth-order valence-corrected chi connectivity index (χ4v) is 7.26. The van der Waals surface area contributed by atoms with Crippen LogP contribution >= 0.6 is 11.6 Å². The number of anilines is 1. The number of aryl methyl sites for hydroxylation is 1. The molecule has 0 saturated carbocycles. The lowest BCUT2D eigenvalue weighted by molar-refractivity contribution is -0.159. The Morgan fingerprint density at radius 2 is 1.95 bits per heavy atom. The molecule has 0 unspecified atom stereocenters. The molecule has 5 rings (SSSR count). The molecule has 0 radical (unpaired) electrons. The van der Waals surface area contributed by atoms with Crippen molar-refractivity contribution in [1.29, 1.82) is 0 Å². The number of hydrogen-bond acceptors (Lipinski definition) is 7. The maximum Gasteiger partial charge on any atom is 0.313 e. The van der Waals surface area contributed by atoms with Crippen LogP contribution in [0.25, 0.3) is 0 Å². The Balaban J connectivity index is 1.66. The van der Waals surface area contributed by atoms with E-state index >= 15 is 0 Å². The Labute approximate surface area is 257 Å². The molecule has 4 aliphatic rings. The van der Waals surface area contributed by atoms with Gasteiger partial charge in [0.15, 0.2) is 0 Å². The van der Waals surface area contributed by atoms with Crippen LogP contribution in [-0.2, 0) is 28.7 Å². The predicted octanol–water partition coefficient (Wildman–Crippen LogP) is 2.94. The molecule has 1 aromatic carbocycles. The van der Waals surface area contributed by atoms with Crippen molar-refractivity contribution in [2.45, 2.75) is 76.9 Å². The third kappa shape index (κ3) is 5.38. The summed E-state index contributed by atoms with van der Waals surface area (Å²) in [7, 11) is 0. The van der Waals surface area contributed by atoms with Crippen molar-refractivity contribution in [3.8, 4) is 0 Å². The number of aliphatic hydroxyl groups excluding tert-OH is 1. The number of fused-ring (bicyclic) bond motifs is 2. The van der Waals surface area contributed by atoms with Gasteiger partial charge in [0, 0.05) is 13.0 Å². The smallest absolute Gasteiger partial charge is 0.313 e. The summed E-state index contributed by atoms with van der Waals surface area (Å²) in [6, 6.07) is 3.52. The normalized spacial score (nSPS) is 33.3. The third-order valence-corrected chi connectivity index (χ3v) is 9.58. The van der Waals surface area contributed by atoms with Crippen molar-refractivity contribution < 1.29 is 33.8 Å². The van der Waals surface area contributed by atoms with Crippen LogP contribution in [0.2, 0.25) is 5.02 Å². The van der Waals surface area contributed by atoms with Gasteiger partial charge in [0.25, 0.3) is 5.91 Å². The molecular formula is C32H40ClN3O7. The fraction of sp³-hybridized carbons (Fsp3) is 0.562. The number of cyclic esters (lactones) is 1. The lowest BCUT2D eigenvalue weighted by Crippen LogP contribution is -2.59. The Bertz CT molecular complexity index is 1330. The molecule has 1 spiro atoms. The number of halogens is 1. The zero-order valence-electron chi connectivity index (χ0n) is 25.0. The monoisotopic (exact) mass is 613 g/mol. The lowest BCUT2D eigenvalue weighted by Gasteiger charge is -2.40. The Kier molecular flexibility index (Phi) is 9.02. The Hall–Kier alpha value is -3.21. The van der Waals surface area contributed by atoms with Crippen LogP contribution in [0.5, 0.6) is 0 Å². The van der Waals surface area contributed by atoms with Crippen LogP contribution in [0.1, 0.15) is 45.6 Å². The SMILES string of the molecule is CC[C@H](C)[C@H](CO)N1C(=O)[C@H]2[C@@H]3C(=O)O[C@@H](C)CNC(=O)CC/C=C\[C@@H]3O[C@]23C=CCN(c2c(C)cccc2Cl)C(=O)[C@H]13. The first-order valence-corrected chi connectivity index (χ1v) is 15.4. The van der Waals surface area contributed by atoms with Crippen LogP contribution in [0.4, 0.5) is 5.69 Å². The van der Waals surface area contributed by atoms with Crippen molar-refractivity contribution in [3.63, 3.8) is 0 Å². The third-order valence-electron chi connectivity index (χ3n) is 9.28. The number of rotatable bonds is 5. The average molecular weight is 614 g/mol. The van der Waals surface area contributed by atoms with E-state index in [4.69, 9.17) is 21.1 Å². The number of nitrogens with zero attached hydrogens (tertiary/aromatic N) is 2. The van der Waals surface area contributed by atoms with Gasteiger partial charge < -0.3 is 29.7 Å². The molecule has 2 fully saturated rings. The van der Waals surface area contributed by atoms with E-state index in [-0.39, 0.29) is 37.9 Å². The van der Waals surface area contributed by atoms with Gasteiger partial charge in [-0.15, -0.1) is 0 Å². The topological polar surface area (TPSA) is 125 Å². The molecule has 4 heterocycles. The predicted molar refractivity (Wildman–Crippen MR) is 160 cm³/mol. The molecule has 2 N–H and O–H groups in total. The van der Waals surface area contributed by atoms with E-state index < -0.39 is 59.5 Å². The van der Waals surface area contributed by atoms with Gasteiger partial charge >= 0.3 is 5.97 Å². The first kappa shape index (κ1) is 31.2. The lowest BCUT2D eigenvalue weighted by atomic mass is 9.78. The number of likely N-dealkylation sites (tertiary alicyclic amines) is 1. The second-order valence-corrected chi connectivity index (χ2v) is 12.4. The second kappa shape index (κ2) is 12.4. The zero-order valence-corrected chi connectivity index (χ0v) is 25.8. The van der Waals surface area contributed by atoms with Gasteiger partial charge in [0.1, 0.15) is 23.7 Å². The number of benzene rings is 1. The number of carbonyl (C=O) groups is 4. The van der Waals surface area contributed by atoms with E-state index in [1.165, 1.54) is 4.90 Å². The summed E-state index contributed by atoms with van der Waals surface area (Å²) >= 11 is 6.63. The van der Waals surface area contributed by atoms with Crippen LogP contribution in [0.3, 0.4) is 0 Å². The quantitative estimate of drug-likeness (QED) is 0.386. The summed E-state index contributed by atoms with van der Waals surface area (Å²) < 4.78 is 12.5. The van der Waals surface area contributed by atoms with Crippen molar-refractivity contribution in [3.05, 3.63) is 53.1 Å². The number of carbonyl (C=O) groups excluding carboxylic acids is 4. The van der Waals surface area contributed by atoms with Crippen LogP contribution in [0, 0.1) is 24.7 Å². The minimum atomic E-state index is -1.50. The summed E-state index contributed by atoms with van der Waals surface area (Å²) in [4.78, 5) is 58.4. The zero-order chi connectivity index (χ0) is 31.1. The van der Waals surface area contributed by atoms with Crippen molar-refractivity contribution >= 4 is 41.0 Å². The van der Waals surface area contributed by atoms with E-state index in [2.05, 4.69) is 5.32 Å². The molecule has 232 valence electrons. The van der Waals surface area contributed by atoms with E-state index in [9.17, 15) is 24.3 Å². The second-order valence-electron chi connectivity index (χ2n) is 12.0. The van der Waals surface area contributed by atoms with E-state index in [1.807, 2.05) is 26.8 Å². The molecule has 3 amide bonds. The maximum atomic E-state index is 14.8. The highest BCUT2D eigenvalue weighted by Crippen LogP contribution is 2.54. The van der Waals surface area contributed by atoms with E-state index in [1.54, 1.807) is 48.3 Å². The highest BCUT2D eigenvalue weighted by molar-refractivity contribution is 6.34. The molecule has 0 bridgehead atoms.